The fraction of sp³-hybridized carbons (Fsp3) is 0.462. The topological polar surface area (TPSA) is 52.3 Å². The van der Waals surface area contributed by atoms with Crippen LogP contribution < -0.4 is 5.73 Å². The first-order valence-electron chi connectivity index (χ1n) is 5.41. The standard InChI is InChI=1S/C13H18FNO2.ClH/c1-8-9(6-5-7-10(8)14)11(15)13(2,3)12(16)17-4;/h5-7,11H,15H2,1-4H3;1H/t11-;/m1./s1. The molecule has 0 unspecified atom stereocenters. The van der Waals surface area contributed by atoms with Gasteiger partial charge in [0.15, 0.2) is 0 Å². The Labute approximate surface area is 113 Å². The summed E-state index contributed by atoms with van der Waals surface area (Å²) in [6.07, 6.45) is 0. The molecule has 1 aromatic carbocycles. The maximum Gasteiger partial charge on any atom is 0.313 e. The van der Waals surface area contributed by atoms with Crippen LogP contribution in [-0.4, -0.2) is 13.1 Å². The predicted molar refractivity (Wildman–Crippen MR) is 71.1 cm³/mol. The van der Waals surface area contributed by atoms with E-state index in [-0.39, 0.29) is 18.2 Å². The summed E-state index contributed by atoms with van der Waals surface area (Å²) < 4.78 is 18.2. The minimum Gasteiger partial charge on any atom is -0.469 e. The van der Waals surface area contributed by atoms with Crippen molar-refractivity contribution in [3.05, 3.63) is 35.1 Å². The molecule has 0 aliphatic rings. The zero-order chi connectivity index (χ0) is 13.2. The Hall–Kier alpha value is -1.13. The normalized spacial score (nSPS) is 12.6. The van der Waals surface area contributed by atoms with Gasteiger partial charge in [0, 0.05) is 6.04 Å². The number of benzene rings is 1. The zero-order valence-corrected chi connectivity index (χ0v) is 11.8. The molecular weight excluding hydrogens is 257 g/mol. The van der Waals surface area contributed by atoms with Crippen LogP contribution in [0.1, 0.15) is 31.0 Å². The molecule has 5 heteroatoms. The lowest BCUT2D eigenvalue weighted by Crippen LogP contribution is -2.37. The molecule has 3 nitrogen and oxygen atoms in total. The Morgan fingerprint density at radius 2 is 2.00 bits per heavy atom. The van der Waals surface area contributed by atoms with Crippen LogP contribution in [0.3, 0.4) is 0 Å². The van der Waals surface area contributed by atoms with Crippen molar-refractivity contribution in [3.63, 3.8) is 0 Å². The molecule has 0 heterocycles. The maximum atomic E-state index is 13.4. The van der Waals surface area contributed by atoms with Crippen LogP contribution in [0.5, 0.6) is 0 Å². The molecule has 18 heavy (non-hydrogen) atoms. The van der Waals surface area contributed by atoms with Crippen molar-refractivity contribution in [2.75, 3.05) is 7.11 Å². The third-order valence-electron chi connectivity index (χ3n) is 3.13. The van der Waals surface area contributed by atoms with Crippen molar-refractivity contribution in [1.82, 2.24) is 0 Å². The summed E-state index contributed by atoms with van der Waals surface area (Å²) in [7, 11) is 1.31. The van der Waals surface area contributed by atoms with E-state index in [9.17, 15) is 9.18 Å². The van der Waals surface area contributed by atoms with Crippen LogP contribution in [0.4, 0.5) is 4.39 Å². The van der Waals surface area contributed by atoms with Gasteiger partial charge in [-0.05, 0) is 38.0 Å². The van der Waals surface area contributed by atoms with Gasteiger partial charge in [-0.15, -0.1) is 12.4 Å². The summed E-state index contributed by atoms with van der Waals surface area (Å²) >= 11 is 0. The molecule has 0 spiro atoms. The van der Waals surface area contributed by atoms with E-state index < -0.39 is 17.4 Å². The van der Waals surface area contributed by atoms with Gasteiger partial charge in [-0.25, -0.2) is 4.39 Å². The van der Waals surface area contributed by atoms with Crippen LogP contribution in [0, 0.1) is 18.2 Å². The van der Waals surface area contributed by atoms with Crippen LogP contribution in [-0.2, 0) is 9.53 Å². The van der Waals surface area contributed by atoms with Gasteiger partial charge in [0.05, 0.1) is 12.5 Å². The summed E-state index contributed by atoms with van der Waals surface area (Å²) in [5, 5.41) is 0. The number of ether oxygens (including phenoxy) is 1. The number of hydrogen-bond donors (Lipinski definition) is 1. The number of halogens is 2. The molecule has 0 saturated carbocycles. The number of esters is 1. The second-order valence-corrected chi connectivity index (χ2v) is 4.65. The molecular formula is C13H19ClFNO2. The lowest BCUT2D eigenvalue weighted by atomic mass is 9.79. The molecule has 2 N–H and O–H groups in total. The highest BCUT2D eigenvalue weighted by molar-refractivity contribution is 5.85. The molecule has 0 fully saturated rings. The van der Waals surface area contributed by atoms with Gasteiger partial charge < -0.3 is 10.5 Å². The number of nitrogens with two attached hydrogens (primary N) is 1. The molecule has 0 aliphatic heterocycles. The summed E-state index contributed by atoms with van der Waals surface area (Å²) in [6.45, 7) is 5.03. The van der Waals surface area contributed by atoms with Gasteiger partial charge in [-0.3, -0.25) is 4.79 Å². The van der Waals surface area contributed by atoms with E-state index in [1.54, 1.807) is 32.9 Å². The first-order chi connectivity index (χ1) is 7.82. The molecule has 0 radical (unpaired) electrons. The Bertz CT molecular complexity index is 435. The third kappa shape index (κ3) is 3.00. The fourth-order valence-electron chi connectivity index (χ4n) is 1.74. The van der Waals surface area contributed by atoms with Gasteiger partial charge in [0.1, 0.15) is 5.82 Å². The fourth-order valence-corrected chi connectivity index (χ4v) is 1.74. The van der Waals surface area contributed by atoms with Gasteiger partial charge >= 0.3 is 5.97 Å². The minimum absolute atomic E-state index is 0. The Kier molecular flexibility index (Phi) is 5.77. The van der Waals surface area contributed by atoms with E-state index in [1.807, 2.05) is 0 Å². The van der Waals surface area contributed by atoms with Crippen molar-refractivity contribution in [3.8, 4) is 0 Å². The molecule has 0 amide bonds. The highest BCUT2D eigenvalue weighted by Crippen LogP contribution is 2.34. The average molecular weight is 276 g/mol. The smallest absolute Gasteiger partial charge is 0.313 e. The average Bonchev–Trinajstić information content (AvgIpc) is 2.30. The van der Waals surface area contributed by atoms with Gasteiger partial charge in [-0.1, -0.05) is 12.1 Å². The summed E-state index contributed by atoms with van der Waals surface area (Å²) in [5.74, 6) is -0.729. The molecule has 0 bridgehead atoms. The van der Waals surface area contributed by atoms with Gasteiger partial charge in [0.25, 0.3) is 0 Å². The summed E-state index contributed by atoms with van der Waals surface area (Å²) in [4.78, 5) is 11.6. The van der Waals surface area contributed by atoms with E-state index in [0.717, 1.165) is 0 Å². The monoisotopic (exact) mass is 275 g/mol. The minimum atomic E-state index is -0.896. The second-order valence-electron chi connectivity index (χ2n) is 4.65. The number of methoxy groups -OCH3 is 1. The first-order valence-corrected chi connectivity index (χ1v) is 5.41. The number of rotatable bonds is 3. The van der Waals surface area contributed by atoms with E-state index >= 15 is 0 Å². The van der Waals surface area contributed by atoms with Crippen LogP contribution in [0.2, 0.25) is 0 Å². The molecule has 1 aromatic rings. The van der Waals surface area contributed by atoms with Crippen molar-refractivity contribution in [2.45, 2.75) is 26.8 Å². The van der Waals surface area contributed by atoms with E-state index in [2.05, 4.69) is 0 Å². The Balaban J connectivity index is 0.00000289. The van der Waals surface area contributed by atoms with Crippen molar-refractivity contribution in [2.24, 2.45) is 11.1 Å². The van der Waals surface area contributed by atoms with Gasteiger partial charge in [0.2, 0.25) is 0 Å². The summed E-state index contributed by atoms with van der Waals surface area (Å²) in [6, 6.07) is 4.08. The van der Waals surface area contributed by atoms with Crippen molar-refractivity contribution < 1.29 is 13.9 Å². The van der Waals surface area contributed by atoms with Gasteiger partial charge in [-0.2, -0.15) is 0 Å². The Morgan fingerprint density at radius 1 is 1.44 bits per heavy atom. The van der Waals surface area contributed by atoms with Crippen molar-refractivity contribution in [1.29, 1.82) is 0 Å². The second kappa shape index (κ2) is 6.16. The molecule has 0 aliphatic carbocycles. The molecule has 1 rings (SSSR count). The Morgan fingerprint density at radius 3 is 2.50 bits per heavy atom. The van der Waals surface area contributed by atoms with Crippen LogP contribution in [0.15, 0.2) is 18.2 Å². The first kappa shape index (κ1) is 16.9. The summed E-state index contributed by atoms with van der Waals surface area (Å²) in [5.41, 5.74) is 6.25. The van der Waals surface area contributed by atoms with Crippen LogP contribution >= 0.6 is 12.4 Å². The number of carbonyl (C=O) groups is 1. The highest BCUT2D eigenvalue weighted by Gasteiger charge is 2.37. The molecule has 1 atom stereocenters. The van der Waals surface area contributed by atoms with Crippen LogP contribution in [0.25, 0.3) is 0 Å². The largest absolute Gasteiger partial charge is 0.469 e. The number of hydrogen-bond acceptors (Lipinski definition) is 3. The molecule has 102 valence electrons. The third-order valence-corrected chi connectivity index (χ3v) is 3.13. The zero-order valence-electron chi connectivity index (χ0n) is 11.0. The van der Waals surface area contributed by atoms with E-state index in [1.165, 1.54) is 13.2 Å². The lowest BCUT2D eigenvalue weighted by Gasteiger charge is -2.30. The lowest BCUT2D eigenvalue weighted by molar-refractivity contribution is -0.152. The maximum absolute atomic E-state index is 13.4. The highest BCUT2D eigenvalue weighted by atomic mass is 35.5. The quantitative estimate of drug-likeness (QED) is 0.863. The number of carbonyl (C=O) groups excluding carboxylic acids is 1. The van der Waals surface area contributed by atoms with E-state index in [0.29, 0.717) is 11.1 Å². The van der Waals surface area contributed by atoms with Crippen molar-refractivity contribution >= 4 is 18.4 Å². The molecule has 0 aromatic heterocycles. The predicted octanol–water partition coefficient (Wildman–Crippen LogP) is 2.75. The SMILES string of the molecule is COC(=O)C(C)(C)[C@H](N)c1cccc(F)c1C.Cl. The van der Waals surface area contributed by atoms with E-state index in [4.69, 9.17) is 10.5 Å². The molecule has 0 saturated heterocycles.